The van der Waals surface area contributed by atoms with Gasteiger partial charge in [0.05, 0.1) is 0 Å². The summed E-state index contributed by atoms with van der Waals surface area (Å²) in [5.41, 5.74) is 8.96. The summed E-state index contributed by atoms with van der Waals surface area (Å²) in [4.78, 5) is 11.1. The number of carbonyl (C=O) groups is 1. The van der Waals surface area contributed by atoms with Gasteiger partial charge in [-0.2, -0.15) is 0 Å². The average molecular weight is 290 g/mol. The van der Waals surface area contributed by atoms with Crippen molar-refractivity contribution < 1.29 is 4.79 Å². The number of hydrogen-bond donors (Lipinski definition) is 1. The summed E-state index contributed by atoms with van der Waals surface area (Å²) in [5.74, 6) is -0.384. The van der Waals surface area contributed by atoms with Crippen molar-refractivity contribution in [1.82, 2.24) is 0 Å². The topological polar surface area (TPSA) is 43.1 Å². The molecule has 2 nitrogen and oxygen atoms in total. The third-order valence-electron chi connectivity index (χ3n) is 2.67. The highest BCUT2D eigenvalue weighted by Gasteiger charge is 2.06. The van der Waals surface area contributed by atoms with Crippen molar-refractivity contribution in [3.8, 4) is 11.1 Å². The maximum Gasteiger partial charge on any atom is 0.248 e. The van der Waals surface area contributed by atoms with Crippen molar-refractivity contribution in [2.45, 2.75) is 6.92 Å². The van der Waals surface area contributed by atoms with Crippen molar-refractivity contribution >= 4 is 21.8 Å². The van der Waals surface area contributed by atoms with Gasteiger partial charge in [0.1, 0.15) is 0 Å². The zero-order valence-corrected chi connectivity index (χ0v) is 11.0. The van der Waals surface area contributed by atoms with Crippen LogP contribution in [0.2, 0.25) is 0 Å². The molecular formula is C14H12BrNO. The number of aryl methyl sites for hydroxylation is 1. The van der Waals surface area contributed by atoms with E-state index in [0.29, 0.717) is 5.56 Å². The molecule has 2 aromatic carbocycles. The number of nitrogens with two attached hydrogens (primary N) is 1. The summed E-state index contributed by atoms with van der Waals surface area (Å²) < 4.78 is 1.05. The minimum absolute atomic E-state index is 0.384. The van der Waals surface area contributed by atoms with Crippen LogP contribution in [0.1, 0.15) is 15.9 Å². The highest BCUT2D eigenvalue weighted by atomic mass is 79.9. The normalized spacial score (nSPS) is 10.2. The van der Waals surface area contributed by atoms with E-state index in [4.69, 9.17) is 5.73 Å². The van der Waals surface area contributed by atoms with E-state index < -0.39 is 0 Å². The molecule has 0 radical (unpaired) electrons. The molecule has 86 valence electrons. The SMILES string of the molecule is Cc1cc(-c2ccc(Br)cc2)ccc1C(N)=O. The van der Waals surface area contributed by atoms with Crippen LogP contribution in [0.4, 0.5) is 0 Å². The molecule has 2 aromatic rings. The Balaban J connectivity index is 2.44. The summed E-state index contributed by atoms with van der Waals surface area (Å²) >= 11 is 3.40. The lowest BCUT2D eigenvalue weighted by Crippen LogP contribution is -2.12. The Hall–Kier alpha value is -1.61. The second-order valence-corrected chi connectivity index (χ2v) is 4.82. The molecule has 0 aliphatic heterocycles. The van der Waals surface area contributed by atoms with E-state index in [0.717, 1.165) is 21.2 Å². The first-order chi connectivity index (χ1) is 8.08. The monoisotopic (exact) mass is 289 g/mol. The van der Waals surface area contributed by atoms with Crippen LogP contribution in [0, 0.1) is 6.92 Å². The van der Waals surface area contributed by atoms with Gasteiger partial charge in [0, 0.05) is 10.0 Å². The molecule has 0 spiro atoms. The van der Waals surface area contributed by atoms with Crippen molar-refractivity contribution in [3.63, 3.8) is 0 Å². The number of amides is 1. The molecule has 2 rings (SSSR count). The lowest BCUT2D eigenvalue weighted by atomic mass is 10.00. The number of carbonyl (C=O) groups excluding carboxylic acids is 1. The van der Waals surface area contributed by atoms with Gasteiger partial charge in [0.2, 0.25) is 5.91 Å². The minimum Gasteiger partial charge on any atom is -0.366 e. The highest BCUT2D eigenvalue weighted by Crippen LogP contribution is 2.23. The van der Waals surface area contributed by atoms with Crippen LogP contribution in [0.25, 0.3) is 11.1 Å². The molecular weight excluding hydrogens is 278 g/mol. The van der Waals surface area contributed by atoms with Gasteiger partial charge in [-0.3, -0.25) is 4.79 Å². The molecule has 0 bridgehead atoms. The number of benzene rings is 2. The van der Waals surface area contributed by atoms with E-state index in [1.165, 1.54) is 0 Å². The minimum atomic E-state index is -0.384. The smallest absolute Gasteiger partial charge is 0.248 e. The number of primary amides is 1. The summed E-state index contributed by atoms with van der Waals surface area (Å²) in [6.45, 7) is 1.89. The van der Waals surface area contributed by atoms with Gasteiger partial charge < -0.3 is 5.73 Å². The Bertz CT molecular complexity index is 561. The van der Waals surface area contributed by atoms with E-state index in [1.807, 2.05) is 43.3 Å². The Morgan fingerprint density at radius 1 is 1.06 bits per heavy atom. The second-order valence-electron chi connectivity index (χ2n) is 3.90. The maximum absolute atomic E-state index is 11.1. The van der Waals surface area contributed by atoms with Gasteiger partial charge in [-0.25, -0.2) is 0 Å². The summed E-state index contributed by atoms with van der Waals surface area (Å²) in [7, 11) is 0. The number of rotatable bonds is 2. The molecule has 0 atom stereocenters. The number of halogens is 1. The maximum atomic E-state index is 11.1. The predicted octanol–water partition coefficient (Wildman–Crippen LogP) is 3.52. The van der Waals surface area contributed by atoms with Crippen LogP contribution >= 0.6 is 15.9 Å². The standard InChI is InChI=1S/C14H12BrNO/c1-9-8-11(4-7-13(9)14(16)17)10-2-5-12(15)6-3-10/h2-8H,1H3,(H2,16,17). The summed E-state index contributed by atoms with van der Waals surface area (Å²) in [6.07, 6.45) is 0. The fraction of sp³-hybridized carbons (Fsp3) is 0.0714. The van der Waals surface area contributed by atoms with Gasteiger partial charge in [-0.15, -0.1) is 0 Å². The molecule has 0 aliphatic rings. The van der Waals surface area contributed by atoms with Crippen molar-refractivity contribution in [2.24, 2.45) is 5.73 Å². The first-order valence-corrected chi connectivity index (χ1v) is 6.03. The second kappa shape index (κ2) is 4.72. The van der Waals surface area contributed by atoms with Gasteiger partial charge in [-0.1, -0.05) is 40.2 Å². The Kier molecular flexibility index (Phi) is 3.29. The average Bonchev–Trinajstić information content (AvgIpc) is 2.29. The molecule has 0 saturated carbocycles. The molecule has 17 heavy (non-hydrogen) atoms. The third kappa shape index (κ3) is 2.56. The fourth-order valence-corrected chi connectivity index (χ4v) is 2.03. The summed E-state index contributed by atoms with van der Waals surface area (Å²) in [5, 5.41) is 0. The van der Waals surface area contributed by atoms with Crippen LogP contribution in [0.3, 0.4) is 0 Å². The van der Waals surface area contributed by atoms with Gasteiger partial charge in [-0.05, 0) is 41.8 Å². The molecule has 0 unspecified atom stereocenters. The Morgan fingerprint density at radius 3 is 2.18 bits per heavy atom. The zero-order chi connectivity index (χ0) is 12.4. The Labute approximate surface area is 109 Å². The Morgan fingerprint density at radius 2 is 1.65 bits per heavy atom. The van der Waals surface area contributed by atoms with E-state index in [-0.39, 0.29) is 5.91 Å². The van der Waals surface area contributed by atoms with Crippen LogP contribution in [-0.2, 0) is 0 Å². The lowest BCUT2D eigenvalue weighted by Gasteiger charge is -2.06. The van der Waals surface area contributed by atoms with Crippen LogP contribution in [-0.4, -0.2) is 5.91 Å². The highest BCUT2D eigenvalue weighted by molar-refractivity contribution is 9.10. The molecule has 0 aromatic heterocycles. The summed E-state index contributed by atoms with van der Waals surface area (Å²) in [6, 6.07) is 13.7. The predicted molar refractivity (Wildman–Crippen MR) is 72.8 cm³/mol. The van der Waals surface area contributed by atoms with Crippen LogP contribution < -0.4 is 5.73 Å². The third-order valence-corrected chi connectivity index (χ3v) is 3.20. The largest absolute Gasteiger partial charge is 0.366 e. The molecule has 1 amide bonds. The van der Waals surface area contributed by atoms with E-state index in [9.17, 15) is 4.79 Å². The van der Waals surface area contributed by atoms with Crippen molar-refractivity contribution in [1.29, 1.82) is 0 Å². The van der Waals surface area contributed by atoms with Crippen LogP contribution in [0.15, 0.2) is 46.9 Å². The van der Waals surface area contributed by atoms with E-state index >= 15 is 0 Å². The molecule has 0 saturated heterocycles. The quantitative estimate of drug-likeness (QED) is 0.903. The van der Waals surface area contributed by atoms with Gasteiger partial charge in [0.25, 0.3) is 0 Å². The lowest BCUT2D eigenvalue weighted by molar-refractivity contribution is 0.1000. The van der Waals surface area contributed by atoms with Crippen molar-refractivity contribution in [2.75, 3.05) is 0 Å². The van der Waals surface area contributed by atoms with Gasteiger partial charge >= 0.3 is 0 Å². The van der Waals surface area contributed by atoms with E-state index in [2.05, 4.69) is 15.9 Å². The molecule has 0 heterocycles. The van der Waals surface area contributed by atoms with Gasteiger partial charge in [0.15, 0.2) is 0 Å². The molecule has 0 fully saturated rings. The van der Waals surface area contributed by atoms with Crippen LogP contribution in [0.5, 0.6) is 0 Å². The van der Waals surface area contributed by atoms with Crippen molar-refractivity contribution in [3.05, 3.63) is 58.1 Å². The first-order valence-electron chi connectivity index (χ1n) is 5.24. The molecule has 3 heteroatoms. The fourth-order valence-electron chi connectivity index (χ4n) is 1.76. The number of hydrogen-bond acceptors (Lipinski definition) is 1. The molecule has 0 aliphatic carbocycles. The molecule has 2 N–H and O–H groups in total. The zero-order valence-electron chi connectivity index (χ0n) is 9.41. The first kappa shape index (κ1) is 11.9. The van der Waals surface area contributed by atoms with E-state index in [1.54, 1.807) is 6.07 Å².